The molecule has 0 saturated carbocycles. The number of hydrogen-bond donors (Lipinski definition) is 1. The standard InChI is InChI=1S/C10H9N3O/c11-4-1-5-12-10-8-3-7-14-9(8)2-6-13-10/h2-3,6-7H,1,5H2,(H,12,13). The number of hydrogen-bond acceptors (Lipinski definition) is 4. The van der Waals surface area contributed by atoms with Gasteiger partial charge in [-0.2, -0.15) is 5.26 Å². The monoisotopic (exact) mass is 187 g/mol. The molecule has 0 aliphatic carbocycles. The predicted molar refractivity (Wildman–Crippen MR) is 52.7 cm³/mol. The van der Waals surface area contributed by atoms with Crippen molar-refractivity contribution in [3.63, 3.8) is 0 Å². The fourth-order valence-electron chi connectivity index (χ4n) is 1.27. The van der Waals surface area contributed by atoms with Crippen LogP contribution < -0.4 is 5.32 Å². The SMILES string of the molecule is N#CCCNc1nccc2occc12. The maximum absolute atomic E-state index is 8.39. The second-order valence-electron chi connectivity index (χ2n) is 2.83. The second kappa shape index (κ2) is 3.79. The first-order chi connectivity index (χ1) is 6.92. The van der Waals surface area contributed by atoms with E-state index in [0.717, 1.165) is 16.8 Å². The summed E-state index contributed by atoms with van der Waals surface area (Å²) in [4.78, 5) is 4.17. The minimum absolute atomic E-state index is 0.468. The Balaban J connectivity index is 2.24. The summed E-state index contributed by atoms with van der Waals surface area (Å²) < 4.78 is 5.22. The maximum Gasteiger partial charge on any atom is 0.139 e. The number of nitriles is 1. The molecule has 70 valence electrons. The van der Waals surface area contributed by atoms with Crippen LogP contribution in [0, 0.1) is 11.3 Å². The first kappa shape index (κ1) is 8.57. The van der Waals surface area contributed by atoms with Crippen LogP contribution in [0.2, 0.25) is 0 Å². The molecule has 0 bridgehead atoms. The Hall–Kier alpha value is -2.02. The van der Waals surface area contributed by atoms with Crippen LogP contribution in [-0.4, -0.2) is 11.5 Å². The van der Waals surface area contributed by atoms with Crippen molar-refractivity contribution in [3.05, 3.63) is 24.6 Å². The van der Waals surface area contributed by atoms with Gasteiger partial charge in [0.15, 0.2) is 0 Å². The third-order valence-corrected chi connectivity index (χ3v) is 1.91. The van der Waals surface area contributed by atoms with Gasteiger partial charge in [-0.25, -0.2) is 4.98 Å². The van der Waals surface area contributed by atoms with Gasteiger partial charge in [0.2, 0.25) is 0 Å². The van der Waals surface area contributed by atoms with E-state index < -0.39 is 0 Å². The zero-order valence-corrected chi connectivity index (χ0v) is 7.53. The van der Waals surface area contributed by atoms with Gasteiger partial charge in [0.1, 0.15) is 11.4 Å². The van der Waals surface area contributed by atoms with E-state index in [4.69, 9.17) is 9.68 Å². The summed E-state index contributed by atoms with van der Waals surface area (Å²) in [7, 11) is 0. The molecule has 4 nitrogen and oxygen atoms in total. The van der Waals surface area contributed by atoms with Gasteiger partial charge in [-0.1, -0.05) is 0 Å². The topological polar surface area (TPSA) is 61.9 Å². The minimum atomic E-state index is 0.468. The summed E-state index contributed by atoms with van der Waals surface area (Å²) in [6, 6.07) is 5.73. The second-order valence-corrected chi connectivity index (χ2v) is 2.83. The molecule has 0 fully saturated rings. The Bertz CT molecular complexity index is 469. The molecule has 0 aliphatic rings. The van der Waals surface area contributed by atoms with Crippen LogP contribution in [0.5, 0.6) is 0 Å². The third kappa shape index (κ3) is 1.52. The van der Waals surface area contributed by atoms with Crippen molar-refractivity contribution in [1.82, 2.24) is 4.98 Å². The highest BCUT2D eigenvalue weighted by molar-refractivity contribution is 5.87. The lowest BCUT2D eigenvalue weighted by molar-refractivity contribution is 0.615. The van der Waals surface area contributed by atoms with Crippen molar-refractivity contribution in [2.75, 3.05) is 11.9 Å². The molecule has 2 rings (SSSR count). The average molecular weight is 187 g/mol. The quantitative estimate of drug-likeness (QED) is 0.748. The Morgan fingerprint density at radius 2 is 2.43 bits per heavy atom. The largest absolute Gasteiger partial charge is 0.464 e. The van der Waals surface area contributed by atoms with Crippen LogP contribution >= 0.6 is 0 Å². The number of nitrogens with one attached hydrogen (secondary N) is 1. The van der Waals surface area contributed by atoms with Gasteiger partial charge in [-0.05, 0) is 12.1 Å². The minimum Gasteiger partial charge on any atom is -0.464 e. The van der Waals surface area contributed by atoms with E-state index in [1.54, 1.807) is 12.5 Å². The third-order valence-electron chi connectivity index (χ3n) is 1.91. The van der Waals surface area contributed by atoms with Gasteiger partial charge >= 0.3 is 0 Å². The molecule has 0 atom stereocenters. The number of aromatic nitrogens is 1. The van der Waals surface area contributed by atoms with Crippen molar-refractivity contribution in [2.45, 2.75) is 6.42 Å². The van der Waals surface area contributed by atoms with E-state index in [1.807, 2.05) is 12.1 Å². The summed E-state index contributed by atoms with van der Waals surface area (Å²) in [5.74, 6) is 0.770. The number of nitrogens with zero attached hydrogens (tertiary/aromatic N) is 2. The van der Waals surface area contributed by atoms with Gasteiger partial charge in [0, 0.05) is 12.7 Å². The van der Waals surface area contributed by atoms with Crippen LogP contribution in [0.1, 0.15) is 6.42 Å². The molecule has 0 amide bonds. The number of pyridine rings is 1. The van der Waals surface area contributed by atoms with Gasteiger partial charge in [0.25, 0.3) is 0 Å². The van der Waals surface area contributed by atoms with Gasteiger partial charge in [0.05, 0.1) is 24.1 Å². The maximum atomic E-state index is 8.39. The van der Waals surface area contributed by atoms with Crippen molar-refractivity contribution in [2.24, 2.45) is 0 Å². The molecule has 0 unspecified atom stereocenters. The summed E-state index contributed by atoms with van der Waals surface area (Å²) in [5.41, 5.74) is 0.805. The molecule has 4 heteroatoms. The van der Waals surface area contributed by atoms with Crippen molar-refractivity contribution in [1.29, 1.82) is 5.26 Å². The molecule has 0 saturated heterocycles. The molecule has 14 heavy (non-hydrogen) atoms. The van der Waals surface area contributed by atoms with Crippen LogP contribution in [0.4, 0.5) is 5.82 Å². The number of furan rings is 1. The fraction of sp³-hybridized carbons (Fsp3) is 0.200. The lowest BCUT2D eigenvalue weighted by atomic mass is 10.3. The molecule has 0 aliphatic heterocycles. The van der Waals surface area contributed by atoms with Crippen LogP contribution in [0.3, 0.4) is 0 Å². The summed E-state index contributed by atoms with van der Waals surface area (Å²) in [6.45, 7) is 0.605. The molecule has 0 spiro atoms. The van der Waals surface area contributed by atoms with Crippen molar-refractivity contribution >= 4 is 16.8 Å². The normalized spacial score (nSPS) is 9.93. The van der Waals surface area contributed by atoms with E-state index in [-0.39, 0.29) is 0 Å². The summed E-state index contributed by atoms with van der Waals surface area (Å²) >= 11 is 0. The van der Waals surface area contributed by atoms with Gasteiger partial charge in [-0.3, -0.25) is 0 Å². The first-order valence-corrected chi connectivity index (χ1v) is 4.35. The number of fused-ring (bicyclic) bond motifs is 1. The smallest absolute Gasteiger partial charge is 0.139 e. The van der Waals surface area contributed by atoms with E-state index in [0.29, 0.717) is 13.0 Å². The van der Waals surface area contributed by atoms with Crippen LogP contribution in [0.15, 0.2) is 29.0 Å². The van der Waals surface area contributed by atoms with E-state index in [2.05, 4.69) is 16.4 Å². The molecular formula is C10H9N3O. The highest BCUT2D eigenvalue weighted by Gasteiger charge is 2.02. The first-order valence-electron chi connectivity index (χ1n) is 4.35. The van der Waals surface area contributed by atoms with Crippen LogP contribution in [-0.2, 0) is 0 Å². The Kier molecular flexibility index (Phi) is 2.32. The molecule has 1 N–H and O–H groups in total. The zero-order valence-electron chi connectivity index (χ0n) is 7.53. The molecule has 0 aromatic carbocycles. The van der Waals surface area contributed by atoms with Crippen LogP contribution in [0.25, 0.3) is 11.0 Å². The Morgan fingerprint density at radius 3 is 3.29 bits per heavy atom. The van der Waals surface area contributed by atoms with Gasteiger partial charge in [-0.15, -0.1) is 0 Å². The molecule has 2 heterocycles. The molecule has 0 radical (unpaired) electrons. The molecular weight excluding hydrogens is 178 g/mol. The lowest BCUT2D eigenvalue weighted by Gasteiger charge is -2.02. The highest BCUT2D eigenvalue weighted by Crippen LogP contribution is 2.21. The van der Waals surface area contributed by atoms with E-state index >= 15 is 0 Å². The predicted octanol–water partition coefficient (Wildman–Crippen LogP) is 2.15. The van der Waals surface area contributed by atoms with Crippen molar-refractivity contribution < 1.29 is 4.42 Å². The molecule has 2 aromatic heterocycles. The summed E-state index contributed by atoms with van der Waals surface area (Å²) in [5, 5.41) is 12.4. The van der Waals surface area contributed by atoms with E-state index in [1.165, 1.54) is 0 Å². The number of anilines is 1. The zero-order chi connectivity index (χ0) is 9.80. The fourth-order valence-corrected chi connectivity index (χ4v) is 1.27. The van der Waals surface area contributed by atoms with Gasteiger partial charge < -0.3 is 9.73 Å². The Morgan fingerprint density at radius 1 is 1.50 bits per heavy atom. The van der Waals surface area contributed by atoms with E-state index in [9.17, 15) is 0 Å². The summed E-state index contributed by atoms with van der Waals surface area (Å²) in [6.07, 6.45) is 3.78. The average Bonchev–Trinajstić information content (AvgIpc) is 2.67. The lowest BCUT2D eigenvalue weighted by Crippen LogP contribution is -2.02. The van der Waals surface area contributed by atoms with Crippen molar-refractivity contribution in [3.8, 4) is 6.07 Å². The highest BCUT2D eigenvalue weighted by atomic mass is 16.3. The molecule has 2 aromatic rings. The Labute approximate surface area is 81.2 Å². The number of rotatable bonds is 3.